The Balaban J connectivity index is 1.99. The molecule has 0 saturated carbocycles. The van der Waals surface area contributed by atoms with E-state index in [9.17, 15) is 26.7 Å². The molecule has 0 bridgehead atoms. The number of allylic oxidation sites excluding steroid dienone is 3. The molecule has 1 heterocycles. The lowest BCUT2D eigenvalue weighted by Crippen LogP contribution is -2.49. The van der Waals surface area contributed by atoms with Gasteiger partial charge in [-0.15, -0.1) is 6.42 Å². The van der Waals surface area contributed by atoms with Crippen molar-refractivity contribution in [2.24, 2.45) is 0 Å². The minimum atomic E-state index is -4.29. The fourth-order valence-corrected chi connectivity index (χ4v) is 3.27. The van der Waals surface area contributed by atoms with Crippen molar-refractivity contribution in [2.75, 3.05) is 6.61 Å². The number of alkyl halides is 5. The highest BCUT2D eigenvalue weighted by Gasteiger charge is 2.41. The maximum absolute atomic E-state index is 14.9. The second-order valence-corrected chi connectivity index (χ2v) is 7.77. The van der Waals surface area contributed by atoms with E-state index in [1.54, 1.807) is 12.1 Å². The second kappa shape index (κ2) is 11.7. The van der Waals surface area contributed by atoms with Crippen molar-refractivity contribution in [1.82, 2.24) is 5.32 Å². The van der Waals surface area contributed by atoms with Crippen molar-refractivity contribution < 1.29 is 31.5 Å². The molecular formula is C25H26F5NO2. The Morgan fingerprint density at radius 2 is 1.91 bits per heavy atom. The van der Waals surface area contributed by atoms with Gasteiger partial charge >= 0.3 is 6.18 Å². The average Bonchev–Trinajstić information content (AvgIpc) is 2.73. The Hall–Kier alpha value is -3.08. The van der Waals surface area contributed by atoms with E-state index in [1.807, 2.05) is 19.1 Å². The molecule has 1 aromatic carbocycles. The van der Waals surface area contributed by atoms with Crippen LogP contribution in [0.1, 0.15) is 43.2 Å². The van der Waals surface area contributed by atoms with Crippen molar-refractivity contribution in [2.45, 2.75) is 57.2 Å². The first-order valence-electron chi connectivity index (χ1n) is 10.5. The summed E-state index contributed by atoms with van der Waals surface area (Å²) in [6, 6.07) is 5.90. The monoisotopic (exact) mass is 467 g/mol. The van der Waals surface area contributed by atoms with E-state index in [-0.39, 0.29) is 31.6 Å². The van der Waals surface area contributed by atoms with Crippen LogP contribution in [0.2, 0.25) is 0 Å². The summed E-state index contributed by atoms with van der Waals surface area (Å²) in [6.07, 6.45) is 4.14. The molecule has 0 fully saturated rings. The SMILES string of the molecule is C#C/C=C\C(=C/CCC(F)(F)[C@H]1CC(c2ccc(C)cc2)=CC(=O)N1)OCCCC(F)(F)F. The van der Waals surface area contributed by atoms with Gasteiger partial charge in [0.25, 0.3) is 5.92 Å². The average molecular weight is 467 g/mol. The van der Waals surface area contributed by atoms with Crippen LogP contribution >= 0.6 is 0 Å². The van der Waals surface area contributed by atoms with Gasteiger partial charge in [0.05, 0.1) is 12.6 Å². The number of amides is 1. The summed E-state index contributed by atoms with van der Waals surface area (Å²) in [4.78, 5) is 12.0. The third kappa shape index (κ3) is 9.13. The highest BCUT2D eigenvalue weighted by molar-refractivity contribution is 5.97. The summed E-state index contributed by atoms with van der Waals surface area (Å²) < 4.78 is 71.8. The van der Waals surface area contributed by atoms with Crippen molar-refractivity contribution in [3.63, 3.8) is 0 Å². The molecule has 1 aliphatic heterocycles. The molecule has 1 aliphatic rings. The van der Waals surface area contributed by atoms with Gasteiger partial charge in [-0.2, -0.15) is 13.2 Å². The van der Waals surface area contributed by atoms with Crippen molar-refractivity contribution in [3.8, 4) is 12.3 Å². The van der Waals surface area contributed by atoms with Gasteiger partial charge in [0, 0.05) is 18.9 Å². The van der Waals surface area contributed by atoms with Gasteiger partial charge in [-0.05, 0) is 55.6 Å². The lowest BCUT2D eigenvalue weighted by atomic mass is 9.90. The van der Waals surface area contributed by atoms with Gasteiger partial charge in [-0.3, -0.25) is 4.79 Å². The first-order chi connectivity index (χ1) is 15.5. The van der Waals surface area contributed by atoms with Crippen LogP contribution in [0.25, 0.3) is 5.57 Å². The van der Waals surface area contributed by atoms with Crippen LogP contribution in [-0.2, 0) is 9.53 Å². The van der Waals surface area contributed by atoms with E-state index >= 15 is 0 Å². The highest BCUT2D eigenvalue weighted by atomic mass is 19.4. The standard InChI is InChI=1S/C25H26F5NO2/c1-3-4-7-21(33-15-6-14-25(28,29)30)8-5-13-24(26,27)22-16-20(17-23(32)31-22)19-11-9-18(2)10-12-19/h1,4,7-12,17,22H,5-6,13-16H2,2H3,(H,31,32)/b7-4-,21-8+/t22-/m1/s1. The number of carbonyl (C=O) groups excluding carboxylic acids is 1. The van der Waals surface area contributed by atoms with Gasteiger partial charge in [-0.25, -0.2) is 8.78 Å². The molecule has 3 nitrogen and oxygen atoms in total. The largest absolute Gasteiger partial charge is 0.494 e. The smallest absolute Gasteiger partial charge is 0.389 e. The Morgan fingerprint density at radius 1 is 1.21 bits per heavy atom. The third-order valence-corrected chi connectivity index (χ3v) is 5.02. The minimum absolute atomic E-state index is 0.0245. The van der Waals surface area contributed by atoms with Crippen LogP contribution < -0.4 is 5.32 Å². The number of aryl methyl sites for hydroxylation is 1. The zero-order chi connectivity index (χ0) is 24.5. The van der Waals surface area contributed by atoms with E-state index in [0.29, 0.717) is 11.1 Å². The van der Waals surface area contributed by atoms with Gasteiger partial charge < -0.3 is 10.1 Å². The quantitative estimate of drug-likeness (QED) is 0.148. The summed E-state index contributed by atoms with van der Waals surface area (Å²) in [5, 5.41) is 2.33. The summed E-state index contributed by atoms with van der Waals surface area (Å²) in [5.41, 5.74) is 2.26. The maximum atomic E-state index is 14.9. The Labute approximate surface area is 190 Å². The van der Waals surface area contributed by atoms with Crippen LogP contribution in [0.3, 0.4) is 0 Å². The zero-order valence-electron chi connectivity index (χ0n) is 18.2. The molecule has 0 unspecified atom stereocenters. The maximum Gasteiger partial charge on any atom is 0.389 e. The lowest BCUT2D eigenvalue weighted by Gasteiger charge is -2.31. The van der Waals surface area contributed by atoms with E-state index in [4.69, 9.17) is 11.2 Å². The molecule has 0 saturated heterocycles. The number of rotatable bonds is 10. The molecule has 0 spiro atoms. The van der Waals surface area contributed by atoms with E-state index in [0.717, 1.165) is 5.56 Å². The number of terminal acetylenes is 1. The molecule has 0 radical (unpaired) electrons. The van der Waals surface area contributed by atoms with E-state index in [1.165, 1.54) is 24.3 Å². The minimum Gasteiger partial charge on any atom is -0.494 e. The van der Waals surface area contributed by atoms with E-state index < -0.39 is 36.9 Å². The van der Waals surface area contributed by atoms with Gasteiger partial charge in [0.1, 0.15) is 5.76 Å². The Morgan fingerprint density at radius 3 is 2.55 bits per heavy atom. The lowest BCUT2D eigenvalue weighted by molar-refractivity contribution is -0.137. The number of hydrogen-bond acceptors (Lipinski definition) is 2. The number of ether oxygens (including phenoxy) is 1. The second-order valence-electron chi connectivity index (χ2n) is 7.77. The van der Waals surface area contributed by atoms with E-state index in [2.05, 4.69) is 11.2 Å². The normalized spacial score (nSPS) is 17.5. The topological polar surface area (TPSA) is 38.3 Å². The fraction of sp³-hybridized carbons (Fsp3) is 0.400. The predicted octanol–water partition coefficient (Wildman–Crippen LogP) is 6.11. The summed E-state index contributed by atoms with van der Waals surface area (Å²) in [7, 11) is 0. The molecule has 8 heteroatoms. The predicted molar refractivity (Wildman–Crippen MR) is 117 cm³/mol. The summed E-state index contributed by atoms with van der Waals surface area (Å²) >= 11 is 0. The Bertz CT molecular complexity index is 937. The molecular weight excluding hydrogens is 441 g/mol. The molecule has 1 aromatic rings. The molecule has 0 aromatic heterocycles. The Kier molecular flexibility index (Phi) is 9.27. The molecule has 33 heavy (non-hydrogen) atoms. The molecule has 1 amide bonds. The van der Waals surface area contributed by atoms with Gasteiger partial charge in [0.15, 0.2) is 0 Å². The van der Waals surface area contributed by atoms with Crippen molar-refractivity contribution in [3.05, 3.63) is 65.5 Å². The third-order valence-electron chi connectivity index (χ3n) is 5.02. The number of carbonyl (C=O) groups is 1. The van der Waals surface area contributed by atoms with Crippen LogP contribution in [0, 0.1) is 19.3 Å². The molecule has 1 atom stereocenters. The molecule has 0 aliphatic carbocycles. The summed E-state index contributed by atoms with van der Waals surface area (Å²) in [6.45, 7) is 1.68. The molecule has 1 N–H and O–H groups in total. The molecule has 2 rings (SSSR count). The van der Waals surface area contributed by atoms with Crippen LogP contribution in [-0.4, -0.2) is 30.7 Å². The van der Waals surface area contributed by atoms with Gasteiger partial charge in [0.2, 0.25) is 5.91 Å². The van der Waals surface area contributed by atoms with Crippen LogP contribution in [0.15, 0.2) is 54.3 Å². The number of benzene rings is 1. The first-order valence-corrected chi connectivity index (χ1v) is 10.5. The number of hydrogen-bond donors (Lipinski definition) is 1. The highest BCUT2D eigenvalue weighted by Crippen LogP contribution is 2.34. The number of halogens is 5. The fourth-order valence-electron chi connectivity index (χ4n) is 3.27. The first kappa shape index (κ1) is 26.2. The van der Waals surface area contributed by atoms with Crippen LogP contribution in [0.4, 0.5) is 22.0 Å². The summed E-state index contributed by atoms with van der Waals surface area (Å²) in [5.74, 6) is -1.45. The zero-order valence-corrected chi connectivity index (χ0v) is 18.2. The van der Waals surface area contributed by atoms with Crippen molar-refractivity contribution in [1.29, 1.82) is 0 Å². The molecule has 178 valence electrons. The van der Waals surface area contributed by atoms with Crippen LogP contribution in [0.5, 0.6) is 0 Å². The number of nitrogens with one attached hydrogen (secondary N) is 1. The van der Waals surface area contributed by atoms with Crippen molar-refractivity contribution >= 4 is 11.5 Å². The van der Waals surface area contributed by atoms with Gasteiger partial charge in [-0.1, -0.05) is 35.7 Å².